The van der Waals surface area contributed by atoms with Crippen molar-refractivity contribution in [2.24, 2.45) is 0 Å². The second-order valence-electron chi connectivity index (χ2n) is 7.08. The summed E-state index contributed by atoms with van der Waals surface area (Å²) in [6, 6.07) is 6.65. The molecule has 3 aromatic rings. The summed E-state index contributed by atoms with van der Waals surface area (Å²) in [6.07, 6.45) is -0.409. The van der Waals surface area contributed by atoms with Crippen LogP contribution < -0.4 is 15.1 Å². The number of phenols is 1. The number of phenolic OH excluding ortho intramolecular Hbond substituents is 1. The molecule has 6 heteroatoms. The minimum atomic E-state index is -0.562. The first kappa shape index (κ1) is 18.1. The van der Waals surface area contributed by atoms with Gasteiger partial charge < -0.3 is 19.0 Å². The lowest BCUT2D eigenvalue weighted by Crippen LogP contribution is -2.22. The number of carbonyl (C=O) groups excluding carboxylic acids is 1. The number of Topliss-reactive ketones (excluding diaryl/α,β-unsaturated/α-hetero) is 1. The Morgan fingerprint density at radius 2 is 1.86 bits per heavy atom. The Hall–Kier alpha value is -3.28. The van der Waals surface area contributed by atoms with Crippen LogP contribution in [-0.4, -0.2) is 18.0 Å². The number of hydrogen-bond donors (Lipinski definition) is 1. The zero-order valence-corrected chi connectivity index (χ0v) is 16.1. The molecule has 6 nitrogen and oxygen atoms in total. The Bertz CT molecular complexity index is 1190. The molecule has 0 saturated carbocycles. The van der Waals surface area contributed by atoms with Crippen molar-refractivity contribution in [2.75, 3.05) is 7.11 Å². The second kappa shape index (κ2) is 6.41. The van der Waals surface area contributed by atoms with Crippen molar-refractivity contribution >= 4 is 16.8 Å². The van der Waals surface area contributed by atoms with Gasteiger partial charge in [-0.25, -0.2) is 4.79 Å². The Balaban J connectivity index is 1.92. The highest BCUT2D eigenvalue weighted by Crippen LogP contribution is 2.43. The van der Waals surface area contributed by atoms with Crippen LogP contribution in [0.5, 0.6) is 17.2 Å². The van der Waals surface area contributed by atoms with Crippen molar-refractivity contribution in [3.8, 4) is 17.2 Å². The summed E-state index contributed by atoms with van der Waals surface area (Å²) in [4.78, 5) is 25.0. The number of aromatic hydroxyl groups is 1. The number of benzene rings is 2. The van der Waals surface area contributed by atoms with E-state index in [9.17, 15) is 14.7 Å². The normalized spacial score (nSPS) is 16.0. The predicted octanol–water partition coefficient (Wildman–Crippen LogP) is 4.14. The van der Waals surface area contributed by atoms with E-state index in [1.807, 2.05) is 6.92 Å². The third-order valence-electron chi connectivity index (χ3n) is 5.37. The fraction of sp³-hybridized carbons (Fsp3) is 0.273. The Morgan fingerprint density at radius 3 is 2.54 bits per heavy atom. The second-order valence-corrected chi connectivity index (χ2v) is 7.08. The summed E-state index contributed by atoms with van der Waals surface area (Å²) in [5.41, 5.74) is 3.09. The molecule has 0 bridgehead atoms. The topological polar surface area (TPSA) is 86.0 Å². The first-order valence-electron chi connectivity index (χ1n) is 8.96. The number of carbonyl (C=O) groups is 1. The lowest BCUT2D eigenvalue weighted by atomic mass is 9.90. The summed E-state index contributed by atoms with van der Waals surface area (Å²) in [5, 5.41) is 10.7. The average molecular weight is 380 g/mol. The molecule has 0 aliphatic carbocycles. The van der Waals surface area contributed by atoms with E-state index in [4.69, 9.17) is 13.9 Å². The fourth-order valence-electron chi connectivity index (χ4n) is 3.72. The lowest BCUT2D eigenvalue weighted by Gasteiger charge is -2.28. The summed E-state index contributed by atoms with van der Waals surface area (Å²) in [6.45, 7) is 5.31. The molecule has 4 rings (SSSR count). The largest absolute Gasteiger partial charge is 0.504 e. The van der Waals surface area contributed by atoms with Gasteiger partial charge in [-0.2, -0.15) is 0 Å². The van der Waals surface area contributed by atoms with Crippen LogP contribution in [0, 0.1) is 20.8 Å². The van der Waals surface area contributed by atoms with Crippen LogP contribution in [0.25, 0.3) is 11.0 Å². The highest BCUT2D eigenvalue weighted by atomic mass is 16.5. The first-order chi connectivity index (χ1) is 13.3. The van der Waals surface area contributed by atoms with Gasteiger partial charge in [0.25, 0.3) is 0 Å². The van der Waals surface area contributed by atoms with Gasteiger partial charge in [-0.15, -0.1) is 0 Å². The van der Waals surface area contributed by atoms with Crippen molar-refractivity contribution in [2.45, 2.75) is 33.3 Å². The van der Waals surface area contributed by atoms with Gasteiger partial charge in [0.2, 0.25) is 0 Å². The summed E-state index contributed by atoms with van der Waals surface area (Å²) in [5.74, 6) is 0.704. The number of aryl methyl sites for hydroxylation is 2. The molecule has 1 aromatic heterocycles. The molecule has 0 amide bonds. The van der Waals surface area contributed by atoms with E-state index in [0.29, 0.717) is 44.7 Å². The predicted molar refractivity (Wildman–Crippen MR) is 104 cm³/mol. The molecule has 1 atom stereocenters. The van der Waals surface area contributed by atoms with Gasteiger partial charge in [0.15, 0.2) is 17.3 Å². The standard InChI is InChI=1S/C22H20O6/c1-10-7-18-20(11(2)12(3)22(25)28-18)21-19(10)15(24)9-17(27-21)13-5-6-16(26-4)14(23)8-13/h5-8,17,23H,9H2,1-4H3. The van der Waals surface area contributed by atoms with E-state index < -0.39 is 11.7 Å². The third-order valence-corrected chi connectivity index (χ3v) is 5.37. The van der Waals surface area contributed by atoms with Crippen LogP contribution in [0.2, 0.25) is 0 Å². The number of ketones is 1. The van der Waals surface area contributed by atoms with Gasteiger partial charge in [-0.1, -0.05) is 6.07 Å². The molecule has 2 aromatic carbocycles. The zero-order valence-electron chi connectivity index (χ0n) is 16.1. The zero-order chi connectivity index (χ0) is 20.2. The highest BCUT2D eigenvalue weighted by molar-refractivity contribution is 6.07. The number of rotatable bonds is 2. The van der Waals surface area contributed by atoms with E-state index in [-0.39, 0.29) is 18.0 Å². The number of ether oxygens (including phenoxy) is 2. The van der Waals surface area contributed by atoms with E-state index in [1.165, 1.54) is 13.2 Å². The van der Waals surface area contributed by atoms with E-state index >= 15 is 0 Å². The van der Waals surface area contributed by atoms with Crippen molar-refractivity contribution in [1.82, 2.24) is 0 Å². The molecular weight excluding hydrogens is 360 g/mol. The van der Waals surface area contributed by atoms with Gasteiger partial charge in [0, 0.05) is 5.56 Å². The van der Waals surface area contributed by atoms with E-state index in [1.54, 1.807) is 32.0 Å². The Morgan fingerprint density at radius 1 is 1.11 bits per heavy atom. The van der Waals surface area contributed by atoms with Crippen molar-refractivity contribution in [1.29, 1.82) is 0 Å². The van der Waals surface area contributed by atoms with Gasteiger partial charge in [0.05, 0.1) is 24.5 Å². The van der Waals surface area contributed by atoms with Crippen LogP contribution in [0.3, 0.4) is 0 Å². The SMILES string of the molecule is COc1ccc(C2CC(=O)c3c(C)cc4oc(=O)c(C)c(C)c4c3O2)cc1O. The maximum Gasteiger partial charge on any atom is 0.339 e. The van der Waals surface area contributed by atoms with Gasteiger partial charge in [-0.05, 0) is 55.7 Å². The molecule has 0 spiro atoms. The number of hydrogen-bond acceptors (Lipinski definition) is 6. The fourth-order valence-corrected chi connectivity index (χ4v) is 3.72. The van der Waals surface area contributed by atoms with Crippen LogP contribution in [-0.2, 0) is 0 Å². The summed E-state index contributed by atoms with van der Waals surface area (Å²) in [7, 11) is 1.47. The van der Waals surface area contributed by atoms with Crippen LogP contribution in [0.4, 0.5) is 0 Å². The smallest absolute Gasteiger partial charge is 0.339 e. The molecule has 1 aliphatic heterocycles. The lowest BCUT2D eigenvalue weighted by molar-refractivity contribution is 0.0852. The molecule has 1 aliphatic rings. The minimum Gasteiger partial charge on any atom is -0.504 e. The highest BCUT2D eigenvalue weighted by Gasteiger charge is 2.32. The maximum absolute atomic E-state index is 12.9. The van der Waals surface area contributed by atoms with Gasteiger partial charge in [-0.3, -0.25) is 4.79 Å². The Labute approximate surface area is 161 Å². The molecule has 144 valence electrons. The molecule has 28 heavy (non-hydrogen) atoms. The molecule has 1 N–H and O–H groups in total. The van der Waals surface area contributed by atoms with Crippen LogP contribution >= 0.6 is 0 Å². The molecule has 0 fully saturated rings. The van der Waals surface area contributed by atoms with Crippen LogP contribution in [0.15, 0.2) is 33.5 Å². The number of fused-ring (bicyclic) bond motifs is 3. The Kier molecular flexibility index (Phi) is 4.14. The quantitative estimate of drug-likeness (QED) is 0.673. The molecule has 0 radical (unpaired) electrons. The molecule has 2 heterocycles. The minimum absolute atomic E-state index is 0.0195. The van der Waals surface area contributed by atoms with Gasteiger partial charge in [0.1, 0.15) is 17.4 Å². The van der Waals surface area contributed by atoms with Crippen LogP contribution in [0.1, 0.15) is 45.1 Å². The van der Waals surface area contributed by atoms with E-state index in [2.05, 4.69) is 0 Å². The first-order valence-corrected chi connectivity index (χ1v) is 8.96. The molecular formula is C22H20O6. The number of methoxy groups -OCH3 is 1. The van der Waals surface area contributed by atoms with Crippen molar-refractivity contribution in [3.63, 3.8) is 0 Å². The molecule has 1 unspecified atom stereocenters. The van der Waals surface area contributed by atoms with Crippen molar-refractivity contribution < 1.29 is 23.8 Å². The molecule has 0 saturated heterocycles. The van der Waals surface area contributed by atoms with E-state index in [0.717, 1.165) is 5.56 Å². The maximum atomic E-state index is 12.9. The summed E-state index contributed by atoms with van der Waals surface area (Å²) < 4.78 is 16.8. The van der Waals surface area contributed by atoms with Crippen molar-refractivity contribution in [3.05, 3.63) is 62.5 Å². The summed E-state index contributed by atoms with van der Waals surface area (Å²) >= 11 is 0. The monoisotopic (exact) mass is 380 g/mol. The average Bonchev–Trinajstić information content (AvgIpc) is 2.65. The third kappa shape index (κ3) is 2.64. The van der Waals surface area contributed by atoms with Gasteiger partial charge >= 0.3 is 5.63 Å².